The van der Waals surface area contributed by atoms with Gasteiger partial charge in [-0.3, -0.25) is 0 Å². The summed E-state index contributed by atoms with van der Waals surface area (Å²) < 4.78 is 0. The SMILES string of the molecule is C.O=C(O)c1nc2ccccc2[nH]1. The van der Waals surface area contributed by atoms with Crippen LogP contribution in [-0.4, -0.2) is 21.0 Å². The van der Waals surface area contributed by atoms with Gasteiger partial charge in [-0.2, -0.15) is 0 Å². The number of rotatable bonds is 1. The zero-order valence-corrected chi connectivity index (χ0v) is 6.11. The lowest BCUT2D eigenvalue weighted by molar-refractivity contribution is 0.0685. The van der Waals surface area contributed by atoms with Crippen molar-refractivity contribution in [2.24, 2.45) is 0 Å². The number of benzene rings is 1. The standard InChI is InChI=1S/C8H6N2O2.CH4/c11-8(12)7-9-5-3-1-2-4-6(5)10-7;/h1-4H,(H,9,10)(H,11,12);1H4. The fourth-order valence-corrected chi connectivity index (χ4v) is 1.05. The van der Waals surface area contributed by atoms with E-state index in [-0.39, 0.29) is 13.3 Å². The van der Waals surface area contributed by atoms with Crippen molar-refractivity contribution in [1.82, 2.24) is 9.97 Å². The van der Waals surface area contributed by atoms with Crippen LogP contribution in [-0.2, 0) is 0 Å². The average Bonchev–Trinajstić information content (AvgIpc) is 2.46. The summed E-state index contributed by atoms with van der Waals surface area (Å²) >= 11 is 0. The summed E-state index contributed by atoms with van der Waals surface area (Å²) in [6, 6.07) is 7.19. The summed E-state index contributed by atoms with van der Waals surface area (Å²) in [4.78, 5) is 17.0. The number of nitrogens with zero attached hydrogens (tertiary/aromatic N) is 1. The minimum absolute atomic E-state index is 0. The van der Waals surface area contributed by atoms with Crippen molar-refractivity contribution in [3.8, 4) is 0 Å². The molecular weight excluding hydrogens is 168 g/mol. The maximum atomic E-state index is 10.5. The van der Waals surface area contributed by atoms with Crippen LogP contribution in [0.2, 0.25) is 0 Å². The van der Waals surface area contributed by atoms with Gasteiger partial charge < -0.3 is 10.1 Å². The van der Waals surface area contributed by atoms with Gasteiger partial charge in [0.2, 0.25) is 5.82 Å². The van der Waals surface area contributed by atoms with E-state index >= 15 is 0 Å². The maximum absolute atomic E-state index is 10.5. The van der Waals surface area contributed by atoms with Gasteiger partial charge in [-0.1, -0.05) is 19.6 Å². The number of imidazole rings is 1. The largest absolute Gasteiger partial charge is 0.475 e. The molecule has 4 nitrogen and oxygen atoms in total. The summed E-state index contributed by atoms with van der Waals surface area (Å²) in [5.74, 6) is -1.05. The van der Waals surface area contributed by atoms with Crippen LogP contribution in [0.25, 0.3) is 11.0 Å². The van der Waals surface area contributed by atoms with Gasteiger partial charge in [0.15, 0.2) is 0 Å². The van der Waals surface area contributed by atoms with E-state index in [1.165, 1.54) is 0 Å². The number of nitrogens with one attached hydrogen (secondary N) is 1. The van der Waals surface area contributed by atoms with E-state index in [1.54, 1.807) is 12.1 Å². The van der Waals surface area contributed by atoms with E-state index in [0.29, 0.717) is 5.52 Å². The third kappa shape index (κ3) is 1.51. The van der Waals surface area contributed by atoms with Gasteiger partial charge in [-0.15, -0.1) is 0 Å². The first-order valence-electron chi connectivity index (χ1n) is 3.45. The normalized spacial score (nSPS) is 9.54. The van der Waals surface area contributed by atoms with Crippen molar-refractivity contribution >= 4 is 17.0 Å². The number of para-hydroxylation sites is 2. The first-order valence-corrected chi connectivity index (χ1v) is 3.45. The molecule has 0 atom stereocenters. The Morgan fingerprint density at radius 3 is 2.69 bits per heavy atom. The molecule has 0 bridgehead atoms. The Morgan fingerprint density at radius 2 is 2.08 bits per heavy atom. The highest BCUT2D eigenvalue weighted by Gasteiger charge is 2.07. The highest BCUT2D eigenvalue weighted by molar-refractivity contribution is 5.88. The third-order valence-corrected chi connectivity index (χ3v) is 1.59. The molecule has 68 valence electrons. The van der Waals surface area contributed by atoms with Crippen molar-refractivity contribution in [2.75, 3.05) is 0 Å². The quantitative estimate of drug-likeness (QED) is 0.700. The zero-order valence-electron chi connectivity index (χ0n) is 6.11. The van der Waals surface area contributed by atoms with Gasteiger partial charge in [0.25, 0.3) is 0 Å². The summed E-state index contributed by atoms with van der Waals surface area (Å²) in [5.41, 5.74) is 1.42. The molecular formula is C9H10N2O2. The monoisotopic (exact) mass is 178 g/mol. The number of aromatic carboxylic acids is 1. The molecule has 2 N–H and O–H groups in total. The molecule has 0 spiro atoms. The van der Waals surface area contributed by atoms with E-state index in [2.05, 4.69) is 9.97 Å². The van der Waals surface area contributed by atoms with Gasteiger partial charge in [0, 0.05) is 0 Å². The molecule has 0 aliphatic rings. The first-order chi connectivity index (χ1) is 5.77. The summed E-state index contributed by atoms with van der Waals surface area (Å²) in [6.07, 6.45) is 0. The van der Waals surface area contributed by atoms with E-state index in [1.807, 2.05) is 12.1 Å². The summed E-state index contributed by atoms with van der Waals surface area (Å²) in [7, 11) is 0. The van der Waals surface area contributed by atoms with Crippen LogP contribution in [0.3, 0.4) is 0 Å². The molecule has 2 aromatic rings. The maximum Gasteiger partial charge on any atom is 0.371 e. The third-order valence-electron chi connectivity index (χ3n) is 1.59. The van der Waals surface area contributed by atoms with Crippen molar-refractivity contribution in [3.05, 3.63) is 30.1 Å². The fraction of sp³-hybridized carbons (Fsp3) is 0.111. The molecule has 4 heteroatoms. The van der Waals surface area contributed by atoms with Crippen LogP contribution < -0.4 is 0 Å². The highest BCUT2D eigenvalue weighted by Crippen LogP contribution is 2.09. The minimum atomic E-state index is -1.04. The zero-order chi connectivity index (χ0) is 8.55. The second-order valence-corrected chi connectivity index (χ2v) is 2.41. The smallest absolute Gasteiger partial charge is 0.371 e. The average molecular weight is 178 g/mol. The number of fused-ring (bicyclic) bond motifs is 1. The Hall–Kier alpha value is -1.84. The number of carboxylic acids is 1. The Labute approximate surface area is 75.2 Å². The number of hydrogen-bond donors (Lipinski definition) is 2. The predicted molar refractivity (Wildman–Crippen MR) is 49.8 cm³/mol. The molecule has 0 aliphatic carbocycles. The second-order valence-electron chi connectivity index (χ2n) is 2.41. The van der Waals surface area contributed by atoms with Crippen LogP contribution in [0.5, 0.6) is 0 Å². The van der Waals surface area contributed by atoms with Gasteiger partial charge in [-0.05, 0) is 12.1 Å². The topological polar surface area (TPSA) is 66.0 Å². The van der Waals surface area contributed by atoms with E-state index < -0.39 is 5.97 Å². The van der Waals surface area contributed by atoms with Crippen LogP contribution >= 0.6 is 0 Å². The number of aromatic nitrogens is 2. The molecule has 1 aromatic heterocycles. The number of carbonyl (C=O) groups is 1. The van der Waals surface area contributed by atoms with Gasteiger partial charge in [0.05, 0.1) is 11.0 Å². The molecule has 2 rings (SSSR count). The molecule has 0 saturated carbocycles. The van der Waals surface area contributed by atoms with E-state index in [4.69, 9.17) is 5.11 Å². The molecule has 0 aliphatic heterocycles. The van der Waals surface area contributed by atoms with Crippen molar-refractivity contribution in [1.29, 1.82) is 0 Å². The van der Waals surface area contributed by atoms with Crippen molar-refractivity contribution < 1.29 is 9.90 Å². The second kappa shape index (κ2) is 3.26. The molecule has 0 unspecified atom stereocenters. The van der Waals surface area contributed by atoms with Crippen molar-refractivity contribution in [2.45, 2.75) is 7.43 Å². The summed E-state index contributed by atoms with van der Waals surface area (Å²) in [6.45, 7) is 0. The van der Waals surface area contributed by atoms with Crippen molar-refractivity contribution in [3.63, 3.8) is 0 Å². The number of H-pyrrole nitrogens is 1. The van der Waals surface area contributed by atoms with Gasteiger partial charge in [-0.25, -0.2) is 9.78 Å². The summed E-state index contributed by atoms with van der Waals surface area (Å²) in [5, 5.41) is 8.59. The lowest BCUT2D eigenvalue weighted by atomic mass is 10.3. The predicted octanol–water partition coefficient (Wildman–Crippen LogP) is 1.90. The lowest BCUT2D eigenvalue weighted by Crippen LogP contribution is -1.97. The molecule has 1 aromatic carbocycles. The van der Waals surface area contributed by atoms with Gasteiger partial charge >= 0.3 is 5.97 Å². The highest BCUT2D eigenvalue weighted by atomic mass is 16.4. The molecule has 1 heterocycles. The number of aromatic amines is 1. The molecule has 0 radical (unpaired) electrons. The molecule has 0 amide bonds. The van der Waals surface area contributed by atoms with Crippen LogP contribution in [0.15, 0.2) is 24.3 Å². The molecule has 0 saturated heterocycles. The Kier molecular flexibility index (Phi) is 2.32. The van der Waals surface area contributed by atoms with Crippen LogP contribution in [0.1, 0.15) is 18.0 Å². The first kappa shape index (κ1) is 9.25. The molecule has 0 fully saturated rings. The Morgan fingerprint density at radius 1 is 1.38 bits per heavy atom. The number of carboxylic acid groups (broad SMARTS) is 1. The molecule has 13 heavy (non-hydrogen) atoms. The van der Waals surface area contributed by atoms with E-state index in [9.17, 15) is 4.79 Å². The van der Waals surface area contributed by atoms with Gasteiger partial charge in [0.1, 0.15) is 0 Å². The minimum Gasteiger partial charge on any atom is -0.475 e. The Balaban J connectivity index is 0.000000845. The lowest BCUT2D eigenvalue weighted by Gasteiger charge is -1.81. The van der Waals surface area contributed by atoms with Crippen LogP contribution in [0, 0.1) is 0 Å². The fourth-order valence-electron chi connectivity index (χ4n) is 1.05. The van der Waals surface area contributed by atoms with Crippen LogP contribution in [0.4, 0.5) is 0 Å². The van der Waals surface area contributed by atoms with E-state index in [0.717, 1.165) is 5.52 Å². The Bertz CT molecular complexity index is 401. The number of hydrogen-bond acceptors (Lipinski definition) is 2.